The molecule has 132 valence electrons. The van der Waals surface area contributed by atoms with E-state index in [4.69, 9.17) is 5.11 Å². The van der Waals surface area contributed by atoms with E-state index in [0.29, 0.717) is 22.2 Å². The Hall–Kier alpha value is -3.27. The van der Waals surface area contributed by atoms with Crippen LogP contribution in [0.4, 0.5) is 8.78 Å². The van der Waals surface area contributed by atoms with Crippen molar-refractivity contribution in [3.63, 3.8) is 0 Å². The number of hydrogen-bond acceptors (Lipinski definition) is 3. The van der Waals surface area contributed by atoms with Gasteiger partial charge in [0.15, 0.2) is 0 Å². The van der Waals surface area contributed by atoms with E-state index in [1.807, 2.05) is 13.0 Å². The molecule has 0 bridgehead atoms. The molecular formula is C19H16F2N3O2+. The fraction of sp³-hybridized carbons (Fsp3) is 0.211. The Labute approximate surface area is 148 Å². The lowest BCUT2D eigenvalue weighted by Crippen LogP contribution is -2.25. The van der Waals surface area contributed by atoms with E-state index in [0.717, 1.165) is 17.2 Å². The molecule has 1 aromatic heterocycles. The molecule has 0 saturated carbocycles. The molecule has 0 spiro atoms. The number of carbonyl (C=O) groups excluding carboxylic acids is 1. The van der Waals surface area contributed by atoms with Crippen LogP contribution >= 0.6 is 0 Å². The summed E-state index contributed by atoms with van der Waals surface area (Å²) in [7, 11) is 0. The summed E-state index contributed by atoms with van der Waals surface area (Å²) in [6, 6.07) is 11.3. The second kappa shape index (κ2) is 6.23. The molecule has 1 heterocycles. The molecule has 0 amide bonds. The van der Waals surface area contributed by atoms with E-state index in [-0.39, 0.29) is 6.54 Å². The van der Waals surface area contributed by atoms with Crippen LogP contribution in [0.3, 0.4) is 0 Å². The zero-order valence-electron chi connectivity index (χ0n) is 14.2. The number of nitriles is 1. The van der Waals surface area contributed by atoms with E-state index >= 15 is 0 Å². The summed E-state index contributed by atoms with van der Waals surface area (Å²) in [5.41, 5.74) is 2.68. The fourth-order valence-electron chi connectivity index (χ4n) is 2.95. The predicted octanol–water partition coefficient (Wildman–Crippen LogP) is 2.92. The Morgan fingerprint density at radius 3 is 2.69 bits per heavy atom. The highest BCUT2D eigenvalue weighted by atomic mass is 19.3. The maximum atomic E-state index is 13.9. The molecule has 7 heteroatoms. The number of hydrogen-bond donors (Lipinski definition) is 0. The number of carbonyl (C=O) groups is 1. The normalized spacial score (nSPS) is 11.5. The van der Waals surface area contributed by atoms with E-state index in [2.05, 4.69) is 11.2 Å². The van der Waals surface area contributed by atoms with E-state index in [1.165, 1.54) is 12.1 Å². The molecule has 5 nitrogen and oxygen atoms in total. The van der Waals surface area contributed by atoms with Crippen molar-refractivity contribution in [1.82, 2.24) is 9.78 Å². The summed E-state index contributed by atoms with van der Waals surface area (Å²) >= 11 is 0. The van der Waals surface area contributed by atoms with Crippen molar-refractivity contribution in [2.45, 2.75) is 26.3 Å². The van der Waals surface area contributed by atoms with Crippen molar-refractivity contribution in [1.29, 1.82) is 5.26 Å². The Kier molecular flexibility index (Phi) is 4.20. The lowest BCUT2D eigenvalue weighted by Gasteiger charge is -2.11. The van der Waals surface area contributed by atoms with Gasteiger partial charge in [-0.25, -0.2) is 0 Å². The molecule has 2 aromatic carbocycles. The Balaban J connectivity index is 2.16. The highest BCUT2D eigenvalue weighted by Gasteiger charge is 2.48. The quantitative estimate of drug-likeness (QED) is 0.674. The van der Waals surface area contributed by atoms with E-state index in [1.54, 1.807) is 23.7 Å². The number of rotatable bonds is 4. The average molecular weight is 356 g/mol. The van der Waals surface area contributed by atoms with Crippen molar-refractivity contribution in [3.8, 4) is 6.07 Å². The van der Waals surface area contributed by atoms with Crippen LogP contribution in [0, 0.1) is 25.2 Å². The Morgan fingerprint density at radius 1 is 1.31 bits per heavy atom. The van der Waals surface area contributed by atoms with Crippen molar-refractivity contribution in [3.05, 3.63) is 64.3 Å². The minimum atomic E-state index is -3.88. The number of aromatic nitrogens is 2. The van der Waals surface area contributed by atoms with Gasteiger partial charge in [0, 0.05) is 15.7 Å². The lowest BCUT2D eigenvalue weighted by molar-refractivity contribution is -0.166. The maximum Gasteiger partial charge on any atom is 0.591 e. The standard InChI is InChI=1S/C19H15F2N3O2/c1-11-4-3-5-13(9-22)16(11)10-24-17-8-14(19(20,21)18(25)26)6-7-15(17)12(2)23-24/h3-8H,10H2,1-2H3,(H,25,26)/p+1. The number of halogens is 2. The van der Waals surface area contributed by atoms with Gasteiger partial charge in [0.05, 0.1) is 29.4 Å². The molecule has 3 aromatic rings. The molecule has 0 atom stereocenters. The van der Waals surface area contributed by atoms with Crippen molar-refractivity contribution in [2.75, 3.05) is 0 Å². The summed E-state index contributed by atoms with van der Waals surface area (Å²) in [6.07, 6.45) is 0. The van der Waals surface area contributed by atoms with Crippen LogP contribution in [-0.4, -0.2) is 20.9 Å². The topological polar surface area (TPSA) is 81.6 Å². The third-order valence-electron chi connectivity index (χ3n) is 4.42. The zero-order valence-corrected chi connectivity index (χ0v) is 14.2. The highest BCUT2D eigenvalue weighted by molar-refractivity contribution is 5.85. The predicted molar refractivity (Wildman–Crippen MR) is 92.0 cm³/mol. The van der Waals surface area contributed by atoms with Crippen LogP contribution in [0.15, 0.2) is 36.4 Å². The maximum absolute atomic E-state index is 13.9. The number of alkyl halides is 2. The van der Waals surface area contributed by atoms with Gasteiger partial charge in [-0.3, -0.25) is 4.68 Å². The third-order valence-corrected chi connectivity index (χ3v) is 4.42. The van der Waals surface area contributed by atoms with Crippen LogP contribution in [0.1, 0.15) is 27.9 Å². The first kappa shape index (κ1) is 17.5. The molecule has 0 unspecified atom stereocenters. The van der Waals surface area contributed by atoms with Gasteiger partial charge in [-0.15, -0.1) is 0 Å². The zero-order chi connectivity index (χ0) is 19.1. The van der Waals surface area contributed by atoms with Gasteiger partial charge in [0.25, 0.3) is 0 Å². The SMILES string of the molecule is Cc1cccc(C#N)c1Cn1nc(C)c2ccc(C(F)(F)C(=O)[OH2+])cc21. The van der Waals surface area contributed by atoms with E-state index < -0.39 is 17.5 Å². The molecule has 0 saturated heterocycles. The molecule has 0 aliphatic carbocycles. The lowest BCUT2D eigenvalue weighted by atomic mass is 10.0. The molecule has 0 radical (unpaired) electrons. The van der Waals surface area contributed by atoms with Gasteiger partial charge in [-0.2, -0.15) is 19.1 Å². The Morgan fingerprint density at radius 2 is 2.04 bits per heavy atom. The van der Waals surface area contributed by atoms with Gasteiger partial charge >= 0.3 is 11.9 Å². The highest BCUT2D eigenvalue weighted by Crippen LogP contribution is 2.32. The summed E-state index contributed by atoms with van der Waals surface area (Å²) in [5, 5.41) is 21.2. The second-order valence-electron chi connectivity index (χ2n) is 6.09. The van der Waals surface area contributed by atoms with Crippen LogP contribution < -0.4 is 0 Å². The Bertz CT molecular complexity index is 1060. The number of fused-ring (bicyclic) bond motifs is 1. The number of benzene rings is 2. The second-order valence-corrected chi connectivity index (χ2v) is 6.09. The van der Waals surface area contributed by atoms with Crippen molar-refractivity contribution >= 4 is 16.9 Å². The molecule has 0 aliphatic rings. The minimum absolute atomic E-state index is 0.240. The van der Waals surface area contributed by atoms with Crippen LogP contribution in [0.5, 0.6) is 0 Å². The molecule has 0 fully saturated rings. The molecule has 26 heavy (non-hydrogen) atoms. The summed E-state index contributed by atoms with van der Waals surface area (Å²) < 4.78 is 29.4. The molecule has 3 rings (SSSR count). The van der Waals surface area contributed by atoms with E-state index in [9.17, 15) is 18.8 Å². The first-order valence-electron chi connectivity index (χ1n) is 7.85. The summed E-state index contributed by atoms with van der Waals surface area (Å²) in [5.74, 6) is -5.83. The number of nitrogens with zero attached hydrogens (tertiary/aromatic N) is 3. The minimum Gasteiger partial charge on any atom is -0.560 e. The molecule has 2 N–H and O–H groups in total. The average Bonchev–Trinajstić information content (AvgIpc) is 2.92. The number of aryl methyl sites for hydroxylation is 2. The fourth-order valence-corrected chi connectivity index (χ4v) is 2.95. The molecule has 0 aliphatic heterocycles. The van der Waals surface area contributed by atoms with Gasteiger partial charge in [0.2, 0.25) is 0 Å². The van der Waals surface area contributed by atoms with Crippen LogP contribution in [0.2, 0.25) is 0 Å². The van der Waals surface area contributed by atoms with Crippen LogP contribution in [-0.2, 0) is 17.3 Å². The van der Waals surface area contributed by atoms with Gasteiger partial charge < -0.3 is 5.11 Å². The summed E-state index contributed by atoms with van der Waals surface area (Å²) in [6.45, 7) is 3.87. The molecular weight excluding hydrogens is 340 g/mol. The first-order chi connectivity index (χ1) is 12.3. The van der Waals surface area contributed by atoms with Gasteiger partial charge in [-0.05, 0) is 37.1 Å². The smallest absolute Gasteiger partial charge is 0.560 e. The summed E-state index contributed by atoms with van der Waals surface area (Å²) in [4.78, 5) is 11.0. The third kappa shape index (κ3) is 2.80. The monoisotopic (exact) mass is 356 g/mol. The van der Waals surface area contributed by atoms with Crippen molar-refractivity contribution in [2.24, 2.45) is 0 Å². The first-order valence-corrected chi connectivity index (χ1v) is 7.85. The van der Waals surface area contributed by atoms with Crippen LogP contribution in [0.25, 0.3) is 10.9 Å². The largest absolute Gasteiger partial charge is 0.591 e. The van der Waals surface area contributed by atoms with Gasteiger partial charge in [0.1, 0.15) is 0 Å². The van der Waals surface area contributed by atoms with Crippen molar-refractivity contribution < 1.29 is 18.7 Å². The van der Waals surface area contributed by atoms with Gasteiger partial charge in [-0.1, -0.05) is 24.3 Å².